The zero-order valence-corrected chi connectivity index (χ0v) is 14.4. The van der Waals surface area contributed by atoms with Crippen molar-refractivity contribution in [3.8, 4) is 0 Å². The molecule has 1 aromatic rings. The van der Waals surface area contributed by atoms with E-state index in [0.29, 0.717) is 0 Å². The van der Waals surface area contributed by atoms with Crippen LogP contribution >= 0.6 is 15.9 Å². The van der Waals surface area contributed by atoms with Crippen LogP contribution in [0.4, 0.5) is 5.69 Å². The molecule has 0 heterocycles. The molecule has 0 aromatic heterocycles. The molecule has 0 aliphatic carbocycles. The summed E-state index contributed by atoms with van der Waals surface area (Å²) in [5.41, 5.74) is 8.53. The van der Waals surface area contributed by atoms with E-state index >= 15 is 0 Å². The Kier molecular flexibility index (Phi) is 8.19. The molecule has 1 rings (SSSR count). The van der Waals surface area contributed by atoms with Gasteiger partial charge in [0.15, 0.2) is 0 Å². The van der Waals surface area contributed by atoms with Gasteiger partial charge in [-0.25, -0.2) is 0 Å². The van der Waals surface area contributed by atoms with Gasteiger partial charge in [0.05, 0.1) is 12.3 Å². The molecular weight excluding hydrogens is 316 g/mol. The summed E-state index contributed by atoms with van der Waals surface area (Å²) in [6.07, 6.45) is 1.94. The van der Waals surface area contributed by atoms with E-state index in [1.807, 2.05) is 6.92 Å². The third kappa shape index (κ3) is 5.43. The Morgan fingerprint density at radius 3 is 2.60 bits per heavy atom. The Labute approximate surface area is 131 Å². The maximum Gasteiger partial charge on any atom is 0.0641 e. The van der Waals surface area contributed by atoms with Gasteiger partial charge in [-0.2, -0.15) is 0 Å². The second kappa shape index (κ2) is 9.37. The maximum atomic E-state index is 6.02. The predicted octanol–water partition coefficient (Wildman–Crippen LogP) is 3.59. The Morgan fingerprint density at radius 1 is 1.30 bits per heavy atom. The van der Waals surface area contributed by atoms with Crippen LogP contribution in [0.25, 0.3) is 0 Å². The van der Waals surface area contributed by atoms with E-state index in [4.69, 9.17) is 10.5 Å². The van der Waals surface area contributed by atoms with Crippen molar-refractivity contribution in [2.24, 2.45) is 5.73 Å². The first-order valence-electron chi connectivity index (χ1n) is 7.49. The standard InChI is InChI=1S/C16H27BrN2O/c1-4-14(18)11-13-7-8-16(15(17)12-13)19(5-2)9-10-20-6-3/h7-8,12,14H,4-6,9-11,18H2,1-3H3. The fraction of sp³-hybridized carbons (Fsp3) is 0.625. The number of ether oxygens (including phenoxy) is 1. The van der Waals surface area contributed by atoms with Crippen molar-refractivity contribution >= 4 is 21.6 Å². The number of benzene rings is 1. The van der Waals surface area contributed by atoms with Gasteiger partial charge in [0, 0.05) is 30.2 Å². The van der Waals surface area contributed by atoms with E-state index in [0.717, 1.165) is 43.6 Å². The van der Waals surface area contributed by atoms with E-state index in [2.05, 4.69) is 52.9 Å². The molecule has 0 bridgehead atoms. The van der Waals surface area contributed by atoms with E-state index in [9.17, 15) is 0 Å². The van der Waals surface area contributed by atoms with Gasteiger partial charge in [0.1, 0.15) is 0 Å². The van der Waals surface area contributed by atoms with Crippen molar-refractivity contribution in [1.29, 1.82) is 0 Å². The van der Waals surface area contributed by atoms with Crippen molar-refractivity contribution in [3.05, 3.63) is 28.2 Å². The lowest BCUT2D eigenvalue weighted by Gasteiger charge is -2.24. The number of hydrogen-bond acceptors (Lipinski definition) is 3. The maximum absolute atomic E-state index is 6.02. The van der Waals surface area contributed by atoms with E-state index < -0.39 is 0 Å². The quantitative estimate of drug-likeness (QED) is 0.697. The van der Waals surface area contributed by atoms with E-state index in [-0.39, 0.29) is 6.04 Å². The third-order valence-electron chi connectivity index (χ3n) is 3.47. The average molecular weight is 343 g/mol. The van der Waals surface area contributed by atoms with Crippen LogP contribution in [-0.4, -0.2) is 32.3 Å². The molecule has 4 heteroatoms. The van der Waals surface area contributed by atoms with Crippen LogP contribution in [0.1, 0.15) is 32.8 Å². The molecule has 0 aliphatic rings. The second-order valence-corrected chi connectivity index (χ2v) is 5.79. The van der Waals surface area contributed by atoms with Crippen LogP contribution in [0.15, 0.2) is 22.7 Å². The van der Waals surface area contributed by atoms with Gasteiger partial charge in [0.2, 0.25) is 0 Å². The Balaban J connectivity index is 2.74. The molecule has 114 valence electrons. The smallest absolute Gasteiger partial charge is 0.0641 e. The first kappa shape index (κ1) is 17.5. The molecule has 3 nitrogen and oxygen atoms in total. The van der Waals surface area contributed by atoms with Crippen LogP contribution in [0, 0.1) is 0 Å². The lowest BCUT2D eigenvalue weighted by atomic mass is 10.0. The fourth-order valence-electron chi connectivity index (χ4n) is 2.15. The minimum Gasteiger partial charge on any atom is -0.380 e. The van der Waals surface area contributed by atoms with E-state index in [1.165, 1.54) is 11.3 Å². The molecule has 20 heavy (non-hydrogen) atoms. The number of hydrogen-bond donors (Lipinski definition) is 1. The highest BCUT2D eigenvalue weighted by molar-refractivity contribution is 9.10. The molecule has 1 atom stereocenters. The van der Waals surface area contributed by atoms with Crippen LogP contribution in [0.3, 0.4) is 0 Å². The number of nitrogens with two attached hydrogens (primary N) is 1. The fourth-order valence-corrected chi connectivity index (χ4v) is 2.83. The molecule has 0 aliphatic heterocycles. The summed E-state index contributed by atoms with van der Waals surface area (Å²) in [6, 6.07) is 6.79. The largest absolute Gasteiger partial charge is 0.380 e. The summed E-state index contributed by atoms with van der Waals surface area (Å²) >= 11 is 3.69. The summed E-state index contributed by atoms with van der Waals surface area (Å²) in [6.45, 7) is 9.74. The molecule has 0 fully saturated rings. The Bertz CT molecular complexity index is 398. The lowest BCUT2D eigenvalue weighted by molar-refractivity contribution is 0.154. The van der Waals surface area contributed by atoms with E-state index in [1.54, 1.807) is 0 Å². The van der Waals surface area contributed by atoms with Gasteiger partial charge in [0.25, 0.3) is 0 Å². The molecule has 1 unspecified atom stereocenters. The molecule has 2 N–H and O–H groups in total. The first-order chi connectivity index (χ1) is 9.62. The number of nitrogens with zero attached hydrogens (tertiary/aromatic N) is 1. The lowest BCUT2D eigenvalue weighted by Crippen LogP contribution is -2.27. The van der Waals surface area contributed by atoms with Crippen LogP contribution < -0.4 is 10.6 Å². The van der Waals surface area contributed by atoms with Gasteiger partial charge in [-0.1, -0.05) is 13.0 Å². The highest BCUT2D eigenvalue weighted by atomic mass is 79.9. The topological polar surface area (TPSA) is 38.5 Å². The van der Waals surface area contributed by atoms with Crippen LogP contribution in [0.5, 0.6) is 0 Å². The summed E-state index contributed by atoms with van der Waals surface area (Å²) in [5, 5.41) is 0. The average Bonchev–Trinajstić information content (AvgIpc) is 2.44. The van der Waals surface area contributed by atoms with Crippen LogP contribution in [0.2, 0.25) is 0 Å². The molecule has 0 saturated heterocycles. The highest BCUT2D eigenvalue weighted by Gasteiger charge is 2.10. The van der Waals surface area contributed by atoms with Crippen molar-refractivity contribution in [1.82, 2.24) is 0 Å². The summed E-state index contributed by atoms with van der Waals surface area (Å²) in [7, 11) is 0. The third-order valence-corrected chi connectivity index (χ3v) is 4.10. The van der Waals surface area contributed by atoms with Crippen molar-refractivity contribution < 1.29 is 4.74 Å². The Morgan fingerprint density at radius 2 is 2.05 bits per heavy atom. The van der Waals surface area contributed by atoms with Crippen molar-refractivity contribution in [2.75, 3.05) is 31.2 Å². The van der Waals surface area contributed by atoms with Gasteiger partial charge in [-0.15, -0.1) is 0 Å². The first-order valence-corrected chi connectivity index (χ1v) is 8.28. The summed E-state index contributed by atoms with van der Waals surface area (Å²) in [4.78, 5) is 2.32. The SMILES string of the molecule is CCOCCN(CC)c1ccc(CC(N)CC)cc1Br. The molecule has 0 radical (unpaired) electrons. The van der Waals surface area contributed by atoms with Crippen molar-refractivity contribution in [2.45, 2.75) is 39.7 Å². The normalized spacial score (nSPS) is 12.4. The van der Waals surface area contributed by atoms with Crippen LogP contribution in [-0.2, 0) is 11.2 Å². The number of rotatable bonds is 9. The molecular formula is C16H27BrN2O. The number of anilines is 1. The molecule has 0 amide bonds. The predicted molar refractivity (Wildman–Crippen MR) is 90.5 cm³/mol. The highest BCUT2D eigenvalue weighted by Crippen LogP contribution is 2.27. The molecule has 0 spiro atoms. The number of halogens is 1. The zero-order chi connectivity index (χ0) is 15.0. The Hall–Kier alpha value is -0.580. The van der Waals surface area contributed by atoms with Gasteiger partial charge < -0.3 is 15.4 Å². The van der Waals surface area contributed by atoms with Crippen molar-refractivity contribution in [3.63, 3.8) is 0 Å². The second-order valence-electron chi connectivity index (χ2n) is 4.93. The number of likely N-dealkylation sites (N-methyl/N-ethyl adjacent to an activating group) is 1. The minimum atomic E-state index is 0.244. The monoisotopic (exact) mass is 342 g/mol. The molecule has 1 aromatic carbocycles. The minimum absolute atomic E-state index is 0.244. The molecule has 0 saturated carbocycles. The zero-order valence-electron chi connectivity index (χ0n) is 12.9. The summed E-state index contributed by atoms with van der Waals surface area (Å²) in [5.74, 6) is 0. The summed E-state index contributed by atoms with van der Waals surface area (Å²) < 4.78 is 6.58. The van der Waals surface area contributed by atoms with Gasteiger partial charge in [-0.05, 0) is 60.3 Å². The van der Waals surface area contributed by atoms with Gasteiger partial charge >= 0.3 is 0 Å². The van der Waals surface area contributed by atoms with Gasteiger partial charge in [-0.3, -0.25) is 0 Å².